The minimum atomic E-state index is -0.163. The van der Waals surface area contributed by atoms with Crippen LogP contribution in [0.25, 0.3) is 0 Å². The van der Waals surface area contributed by atoms with E-state index in [1.807, 2.05) is 23.8 Å². The minimum Gasteiger partial charge on any atom is -0.384 e. The largest absolute Gasteiger partial charge is 0.384 e. The molecule has 6 heteroatoms. The Kier molecular flexibility index (Phi) is 5.21. The fourth-order valence-corrected chi connectivity index (χ4v) is 3.46. The van der Waals surface area contributed by atoms with E-state index in [2.05, 4.69) is 17.2 Å². The molecule has 0 spiro atoms. The number of halogens is 1. The smallest absolute Gasteiger partial charge is 0.263 e. The third kappa shape index (κ3) is 3.62. The number of aliphatic hydroxyl groups excluding tert-OH is 1. The highest BCUT2D eigenvalue weighted by Gasteiger charge is 2.14. The number of carbonyl (C=O) groups excluding carboxylic acids is 1. The Morgan fingerprint density at radius 2 is 2.25 bits per heavy atom. The Morgan fingerprint density at radius 3 is 2.90 bits per heavy atom. The van der Waals surface area contributed by atoms with Crippen LogP contribution in [0.4, 0.5) is 0 Å². The first kappa shape index (κ1) is 15.1. The maximum absolute atomic E-state index is 12.0. The topological polar surface area (TPSA) is 49.3 Å². The Labute approximate surface area is 130 Å². The molecule has 2 heterocycles. The van der Waals surface area contributed by atoms with Crippen LogP contribution < -0.4 is 5.32 Å². The van der Waals surface area contributed by atoms with Crippen LogP contribution in [0.3, 0.4) is 0 Å². The monoisotopic (exact) mass is 325 g/mol. The molecule has 0 fully saturated rings. The van der Waals surface area contributed by atoms with Crippen LogP contribution in [-0.4, -0.2) is 17.6 Å². The molecule has 3 nitrogen and oxygen atoms in total. The number of thiophene rings is 2. The van der Waals surface area contributed by atoms with Gasteiger partial charge in [-0.15, -0.1) is 22.7 Å². The van der Waals surface area contributed by atoms with Crippen LogP contribution in [0.15, 0.2) is 16.8 Å². The summed E-state index contributed by atoms with van der Waals surface area (Å²) in [4.78, 5) is 13.5. The molecule has 0 saturated carbocycles. The van der Waals surface area contributed by atoms with Gasteiger partial charge in [0.1, 0.15) is 11.5 Å². The first-order valence-corrected chi connectivity index (χ1v) is 7.94. The van der Waals surface area contributed by atoms with Crippen molar-refractivity contribution in [3.8, 4) is 11.8 Å². The lowest BCUT2D eigenvalue weighted by molar-refractivity contribution is 0.0955. The van der Waals surface area contributed by atoms with Crippen LogP contribution in [0.5, 0.6) is 0 Å². The van der Waals surface area contributed by atoms with Crippen molar-refractivity contribution in [2.45, 2.75) is 13.5 Å². The second-order valence-electron chi connectivity index (χ2n) is 4.01. The fourth-order valence-electron chi connectivity index (χ4n) is 1.51. The lowest BCUT2D eigenvalue weighted by atomic mass is 10.3. The Morgan fingerprint density at radius 1 is 1.45 bits per heavy atom. The van der Waals surface area contributed by atoms with E-state index in [9.17, 15) is 4.79 Å². The Balaban J connectivity index is 1.97. The highest BCUT2D eigenvalue weighted by atomic mass is 35.5. The summed E-state index contributed by atoms with van der Waals surface area (Å²) in [6.07, 6.45) is 0. The van der Waals surface area contributed by atoms with Crippen molar-refractivity contribution in [2.75, 3.05) is 6.61 Å². The van der Waals surface area contributed by atoms with Crippen LogP contribution in [0.1, 0.15) is 25.7 Å². The average molecular weight is 326 g/mol. The summed E-state index contributed by atoms with van der Waals surface area (Å²) in [6, 6.07) is 1.90. The predicted molar refractivity (Wildman–Crippen MR) is 83.5 cm³/mol. The lowest BCUT2D eigenvalue weighted by Crippen LogP contribution is -2.21. The van der Waals surface area contributed by atoms with Crippen molar-refractivity contribution >= 4 is 40.2 Å². The van der Waals surface area contributed by atoms with Crippen molar-refractivity contribution in [3.63, 3.8) is 0 Å². The van der Waals surface area contributed by atoms with Crippen LogP contribution >= 0.6 is 34.3 Å². The maximum Gasteiger partial charge on any atom is 0.263 e. The molecule has 0 aromatic carbocycles. The summed E-state index contributed by atoms with van der Waals surface area (Å²) in [7, 11) is 0. The molecule has 0 bridgehead atoms. The highest BCUT2D eigenvalue weighted by molar-refractivity contribution is 7.13. The summed E-state index contributed by atoms with van der Waals surface area (Å²) < 4.78 is 0. The molecule has 2 aromatic heterocycles. The van der Waals surface area contributed by atoms with Gasteiger partial charge in [-0.05, 0) is 23.9 Å². The van der Waals surface area contributed by atoms with Crippen LogP contribution in [0, 0.1) is 18.8 Å². The van der Waals surface area contributed by atoms with E-state index in [1.165, 1.54) is 22.7 Å². The van der Waals surface area contributed by atoms with Gasteiger partial charge in [0.15, 0.2) is 0 Å². The first-order valence-electron chi connectivity index (χ1n) is 5.80. The summed E-state index contributed by atoms with van der Waals surface area (Å²) in [5.74, 6) is 5.25. The number of amides is 1. The summed E-state index contributed by atoms with van der Waals surface area (Å²) in [5.41, 5.74) is 1.76. The van der Waals surface area contributed by atoms with Crippen molar-refractivity contribution in [1.29, 1.82) is 0 Å². The van der Waals surface area contributed by atoms with Gasteiger partial charge in [-0.25, -0.2) is 0 Å². The van der Waals surface area contributed by atoms with Crippen LogP contribution in [-0.2, 0) is 6.54 Å². The van der Waals surface area contributed by atoms with Gasteiger partial charge in [-0.3, -0.25) is 4.79 Å². The average Bonchev–Trinajstić information content (AvgIpc) is 3.02. The molecule has 0 aliphatic heterocycles. The van der Waals surface area contributed by atoms with E-state index in [1.54, 1.807) is 0 Å². The number of hydrogen-bond acceptors (Lipinski definition) is 4. The van der Waals surface area contributed by atoms with E-state index < -0.39 is 0 Å². The molecular weight excluding hydrogens is 314 g/mol. The van der Waals surface area contributed by atoms with Gasteiger partial charge in [0.05, 0.1) is 11.6 Å². The summed E-state index contributed by atoms with van der Waals surface area (Å²) >= 11 is 8.92. The van der Waals surface area contributed by atoms with Gasteiger partial charge in [0.2, 0.25) is 0 Å². The van der Waals surface area contributed by atoms with Crippen LogP contribution in [0.2, 0.25) is 5.02 Å². The van der Waals surface area contributed by atoms with Crippen molar-refractivity contribution in [3.05, 3.63) is 42.7 Å². The first-order chi connectivity index (χ1) is 9.61. The highest BCUT2D eigenvalue weighted by Crippen LogP contribution is 2.27. The standard InChI is InChI=1S/C14H12ClNO2S2/c1-9-7-20-13(12(9)15)14(18)16-6-11-5-10(8-19-11)3-2-4-17/h5,7-8,17H,4,6H2,1H3,(H,16,18). The number of nitrogens with one attached hydrogen (secondary N) is 1. The van der Waals surface area contributed by atoms with Gasteiger partial charge >= 0.3 is 0 Å². The van der Waals surface area contributed by atoms with Gasteiger partial charge in [-0.1, -0.05) is 23.4 Å². The fraction of sp³-hybridized carbons (Fsp3) is 0.214. The van der Waals surface area contributed by atoms with Gasteiger partial charge in [-0.2, -0.15) is 0 Å². The van der Waals surface area contributed by atoms with Gasteiger partial charge < -0.3 is 10.4 Å². The molecule has 0 aliphatic rings. The van der Waals surface area contributed by atoms with E-state index in [4.69, 9.17) is 16.7 Å². The Bertz CT molecular complexity index is 679. The molecule has 0 atom stereocenters. The molecule has 0 aliphatic carbocycles. The lowest BCUT2D eigenvalue weighted by Gasteiger charge is -2.01. The number of carbonyl (C=O) groups is 1. The van der Waals surface area contributed by atoms with Crippen molar-refractivity contribution in [1.82, 2.24) is 5.32 Å². The van der Waals surface area contributed by atoms with Gasteiger partial charge in [0.25, 0.3) is 5.91 Å². The quantitative estimate of drug-likeness (QED) is 0.852. The molecule has 0 unspecified atom stereocenters. The number of aliphatic hydroxyl groups is 1. The van der Waals surface area contributed by atoms with E-state index in [-0.39, 0.29) is 12.5 Å². The molecule has 20 heavy (non-hydrogen) atoms. The summed E-state index contributed by atoms with van der Waals surface area (Å²) in [5, 5.41) is 15.7. The van der Waals surface area contributed by atoms with Crippen molar-refractivity contribution < 1.29 is 9.90 Å². The van der Waals surface area contributed by atoms with Crippen molar-refractivity contribution in [2.24, 2.45) is 0 Å². The van der Waals surface area contributed by atoms with E-state index in [0.29, 0.717) is 16.4 Å². The second-order valence-corrected chi connectivity index (χ2v) is 6.26. The molecule has 2 rings (SSSR count). The zero-order valence-corrected chi connectivity index (χ0v) is 13.1. The predicted octanol–water partition coefficient (Wildman–Crippen LogP) is 3.05. The second kappa shape index (κ2) is 6.91. The zero-order chi connectivity index (χ0) is 14.5. The molecule has 2 N–H and O–H groups in total. The third-order valence-corrected chi connectivity index (χ3v) is 5.13. The van der Waals surface area contributed by atoms with Gasteiger partial charge in [0, 0.05) is 15.8 Å². The molecular formula is C14H12ClNO2S2. The number of hydrogen-bond donors (Lipinski definition) is 2. The van der Waals surface area contributed by atoms with E-state index in [0.717, 1.165) is 16.0 Å². The normalized spacial score (nSPS) is 9.95. The minimum absolute atomic E-state index is 0.155. The Hall–Kier alpha value is -1.32. The molecule has 2 aromatic rings. The molecule has 0 radical (unpaired) electrons. The number of rotatable bonds is 3. The molecule has 0 saturated heterocycles. The third-order valence-electron chi connectivity index (χ3n) is 2.49. The zero-order valence-electron chi connectivity index (χ0n) is 10.7. The molecule has 1 amide bonds. The summed E-state index contributed by atoms with van der Waals surface area (Å²) in [6.45, 7) is 2.16. The molecule has 104 valence electrons. The van der Waals surface area contributed by atoms with E-state index >= 15 is 0 Å². The maximum atomic E-state index is 12.0. The SMILES string of the molecule is Cc1csc(C(=O)NCc2cc(C#CCO)cs2)c1Cl. The number of aryl methyl sites for hydroxylation is 1.